The molecule has 1 aliphatic heterocycles. The summed E-state index contributed by atoms with van der Waals surface area (Å²) in [5, 5.41) is 0. The highest BCUT2D eigenvalue weighted by Crippen LogP contribution is 2.20. The topological polar surface area (TPSA) is 12.5 Å². The molecule has 0 radical (unpaired) electrons. The van der Waals surface area contributed by atoms with Crippen LogP contribution >= 0.6 is 0 Å². The molecular weight excluding hydrogens is 258 g/mol. The second kappa shape index (κ2) is 6.77. The number of hydrogen-bond acceptors (Lipinski definition) is 2. The maximum atomic E-state index is 6.16. The van der Waals surface area contributed by atoms with E-state index in [1.165, 1.54) is 24.1 Å². The number of likely N-dealkylation sites (tertiary alicyclic amines) is 1. The van der Waals surface area contributed by atoms with Crippen LogP contribution in [0.1, 0.15) is 24.0 Å². The van der Waals surface area contributed by atoms with E-state index < -0.39 is 0 Å². The zero-order valence-corrected chi connectivity index (χ0v) is 12.7. The molecule has 0 unspecified atom stereocenters. The van der Waals surface area contributed by atoms with Gasteiger partial charge in [0.2, 0.25) is 0 Å². The zero-order valence-electron chi connectivity index (χ0n) is 12.7. The molecule has 1 atom stereocenters. The number of benzene rings is 2. The summed E-state index contributed by atoms with van der Waals surface area (Å²) < 4.78 is 6.16. The van der Waals surface area contributed by atoms with Crippen LogP contribution in [0.2, 0.25) is 0 Å². The largest absolute Gasteiger partial charge is 0.489 e. The van der Waals surface area contributed by atoms with Gasteiger partial charge in [-0.15, -0.1) is 0 Å². The molecule has 21 heavy (non-hydrogen) atoms. The smallest absolute Gasteiger partial charge is 0.120 e. The Morgan fingerprint density at radius 1 is 1.10 bits per heavy atom. The molecule has 2 aromatic rings. The number of nitrogens with zero attached hydrogens (tertiary/aromatic N) is 1. The van der Waals surface area contributed by atoms with E-state index in [-0.39, 0.29) is 0 Å². The number of aryl methyl sites for hydroxylation is 1. The third-order valence-corrected chi connectivity index (χ3v) is 4.00. The minimum atomic E-state index is 0.310. The summed E-state index contributed by atoms with van der Waals surface area (Å²) in [6, 6.07) is 19.0. The van der Waals surface area contributed by atoms with E-state index in [0.29, 0.717) is 6.10 Å². The fraction of sp³-hybridized carbons (Fsp3) is 0.368. The van der Waals surface area contributed by atoms with Crippen LogP contribution in [0.3, 0.4) is 0 Å². The SMILES string of the molecule is Cc1cccc(O[C@@H]2CCCN(Cc3ccccc3)C2)c1. The van der Waals surface area contributed by atoms with Gasteiger partial charge in [0.1, 0.15) is 11.9 Å². The molecule has 0 N–H and O–H groups in total. The van der Waals surface area contributed by atoms with Gasteiger partial charge in [0, 0.05) is 13.1 Å². The summed E-state index contributed by atoms with van der Waals surface area (Å²) in [7, 11) is 0. The Labute approximate surface area is 127 Å². The highest BCUT2D eigenvalue weighted by molar-refractivity contribution is 5.27. The van der Waals surface area contributed by atoms with Crippen molar-refractivity contribution in [2.75, 3.05) is 13.1 Å². The first-order valence-electron chi connectivity index (χ1n) is 7.79. The highest BCUT2D eigenvalue weighted by atomic mass is 16.5. The Bertz CT molecular complexity index is 567. The van der Waals surface area contributed by atoms with Gasteiger partial charge in [0.15, 0.2) is 0 Å². The monoisotopic (exact) mass is 281 g/mol. The molecule has 0 bridgehead atoms. The van der Waals surface area contributed by atoms with Gasteiger partial charge in [-0.3, -0.25) is 4.90 Å². The Hall–Kier alpha value is -1.80. The van der Waals surface area contributed by atoms with E-state index in [1.807, 2.05) is 0 Å². The van der Waals surface area contributed by atoms with Crippen molar-refractivity contribution in [3.05, 3.63) is 65.7 Å². The first-order valence-corrected chi connectivity index (χ1v) is 7.79. The summed E-state index contributed by atoms with van der Waals surface area (Å²) in [6.07, 6.45) is 2.67. The van der Waals surface area contributed by atoms with Gasteiger partial charge in [-0.2, -0.15) is 0 Å². The van der Waals surface area contributed by atoms with Crippen molar-refractivity contribution in [1.29, 1.82) is 0 Å². The molecule has 0 aromatic heterocycles. The lowest BCUT2D eigenvalue weighted by Gasteiger charge is -2.33. The van der Waals surface area contributed by atoms with Gasteiger partial charge in [-0.05, 0) is 49.6 Å². The highest BCUT2D eigenvalue weighted by Gasteiger charge is 2.21. The van der Waals surface area contributed by atoms with Crippen LogP contribution in [-0.4, -0.2) is 24.1 Å². The first-order chi connectivity index (χ1) is 10.3. The minimum Gasteiger partial charge on any atom is -0.489 e. The normalized spacial score (nSPS) is 19.4. The summed E-state index contributed by atoms with van der Waals surface area (Å²) >= 11 is 0. The molecule has 0 spiro atoms. The van der Waals surface area contributed by atoms with Crippen LogP contribution in [0.5, 0.6) is 5.75 Å². The average molecular weight is 281 g/mol. The summed E-state index contributed by atoms with van der Waals surface area (Å²) in [5.74, 6) is 1.00. The third-order valence-electron chi connectivity index (χ3n) is 4.00. The van der Waals surface area contributed by atoms with Gasteiger partial charge in [0.25, 0.3) is 0 Å². The van der Waals surface area contributed by atoms with Crippen LogP contribution in [0.4, 0.5) is 0 Å². The Morgan fingerprint density at radius 2 is 1.95 bits per heavy atom. The van der Waals surface area contributed by atoms with Crippen molar-refractivity contribution < 1.29 is 4.74 Å². The van der Waals surface area contributed by atoms with Gasteiger partial charge >= 0.3 is 0 Å². The second-order valence-corrected chi connectivity index (χ2v) is 5.92. The Morgan fingerprint density at radius 3 is 2.76 bits per heavy atom. The van der Waals surface area contributed by atoms with Crippen molar-refractivity contribution in [3.8, 4) is 5.75 Å². The first kappa shape index (κ1) is 14.2. The lowest BCUT2D eigenvalue weighted by molar-refractivity contribution is 0.0843. The molecule has 110 valence electrons. The maximum absolute atomic E-state index is 6.16. The molecule has 1 aliphatic rings. The van der Waals surface area contributed by atoms with Crippen LogP contribution < -0.4 is 4.74 Å². The predicted octanol–water partition coefficient (Wildman–Crippen LogP) is 4.04. The lowest BCUT2D eigenvalue weighted by Crippen LogP contribution is -2.40. The van der Waals surface area contributed by atoms with Gasteiger partial charge in [-0.1, -0.05) is 42.5 Å². The molecule has 3 rings (SSSR count). The molecule has 2 heteroatoms. The second-order valence-electron chi connectivity index (χ2n) is 5.92. The van der Waals surface area contributed by atoms with E-state index in [1.54, 1.807) is 0 Å². The molecule has 2 aromatic carbocycles. The van der Waals surface area contributed by atoms with Gasteiger partial charge < -0.3 is 4.74 Å². The van der Waals surface area contributed by atoms with Crippen LogP contribution in [0.15, 0.2) is 54.6 Å². The van der Waals surface area contributed by atoms with E-state index in [2.05, 4.69) is 66.4 Å². The number of hydrogen-bond donors (Lipinski definition) is 0. The zero-order chi connectivity index (χ0) is 14.5. The maximum Gasteiger partial charge on any atom is 0.120 e. The van der Waals surface area contributed by atoms with E-state index in [0.717, 1.165) is 25.3 Å². The Kier molecular flexibility index (Phi) is 4.56. The molecular formula is C19H23NO. The fourth-order valence-electron chi connectivity index (χ4n) is 2.98. The Balaban J connectivity index is 1.58. The molecule has 1 fully saturated rings. The van der Waals surface area contributed by atoms with E-state index in [9.17, 15) is 0 Å². The molecule has 2 nitrogen and oxygen atoms in total. The molecule has 0 amide bonds. The molecule has 0 aliphatic carbocycles. The summed E-state index contributed by atoms with van der Waals surface area (Å²) in [5.41, 5.74) is 2.64. The van der Waals surface area contributed by atoms with E-state index >= 15 is 0 Å². The van der Waals surface area contributed by atoms with E-state index in [4.69, 9.17) is 4.74 Å². The van der Waals surface area contributed by atoms with Crippen molar-refractivity contribution in [2.24, 2.45) is 0 Å². The number of ether oxygens (including phenoxy) is 1. The predicted molar refractivity (Wildman–Crippen MR) is 86.5 cm³/mol. The van der Waals surface area contributed by atoms with Crippen LogP contribution in [0, 0.1) is 6.92 Å². The van der Waals surface area contributed by atoms with Crippen LogP contribution in [-0.2, 0) is 6.54 Å². The molecule has 0 saturated carbocycles. The third kappa shape index (κ3) is 4.08. The molecule has 1 saturated heterocycles. The van der Waals surface area contributed by atoms with Crippen molar-refractivity contribution in [1.82, 2.24) is 4.90 Å². The number of rotatable bonds is 4. The average Bonchev–Trinajstić information content (AvgIpc) is 2.49. The quantitative estimate of drug-likeness (QED) is 0.838. The lowest BCUT2D eigenvalue weighted by atomic mass is 10.1. The molecule has 1 heterocycles. The summed E-state index contributed by atoms with van der Waals surface area (Å²) in [4.78, 5) is 2.50. The minimum absolute atomic E-state index is 0.310. The standard InChI is InChI=1S/C19H23NO/c1-16-7-5-10-18(13-16)21-19-11-6-12-20(15-19)14-17-8-3-2-4-9-17/h2-5,7-10,13,19H,6,11-12,14-15H2,1H3/t19-/m1/s1. The van der Waals surface area contributed by atoms with Crippen molar-refractivity contribution >= 4 is 0 Å². The summed E-state index contributed by atoms with van der Waals surface area (Å²) in [6.45, 7) is 5.31. The van der Waals surface area contributed by atoms with Gasteiger partial charge in [-0.25, -0.2) is 0 Å². The van der Waals surface area contributed by atoms with Crippen LogP contribution in [0.25, 0.3) is 0 Å². The van der Waals surface area contributed by atoms with Gasteiger partial charge in [0.05, 0.1) is 0 Å². The van der Waals surface area contributed by atoms with Crippen molar-refractivity contribution in [3.63, 3.8) is 0 Å². The fourth-order valence-corrected chi connectivity index (χ4v) is 2.98. The van der Waals surface area contributed by atoms with Crippen molar-refractivity contribution in [2.45, 2.75) is 32.4 Å². The number of piperidine rings is 1.